The summed E-state index contributed by atoms with van der Waals surface area (Å²) in [6.45, 7) is 3.73. The van der Waals surface area contributed by atoms with Crippen LogP contribution < -0.4 is 10.1 Å². The average molecular weight is 409 g/mol. The number of guanidine groups is 1. The molecule has 2 heterocycles. The highest BCUT2D eigenvalue weighted by atomic mass is 19.4. The van der Waals surface area contributed by atoms with Crippen LogP contribution in [0.4, 0.5) is 13.2 Å². The number of hydrogen-bond donors (Lipinski definition) is 1. The standard InChI is InChI=1S/C20H26F3N5O/c1-3-24-19(28-9-8-16(13-28)17-11-26-27(2)12-17)25-10-15-4-6-18(7-5-15)29-14-20(21,22)23/h4-7,11-12,16H,3,8-10,13-14H2,1-2H3,(H,24,25). The van der Waals surface area contributed by atoms with Crippen molar-refractivity contribution in [1.82, 2.24) is 20.0 Å². The van der Waals surface area contributed by atoms with E-state index < -0.39 is 12.8 Å². The fourth-order valence-electron chi connectivity index (χ4n) is 3.32. The number of benzene rings is 1. The molecule has 9 heteroatoms. The van der Waals surface area contributed by atoms with Crippen LogP contribution in [0.25, 0.3) is 0 Å². The molecule has 0 amide bonds. The fourth-order valence-corrected chi connectivity index (χ4v) is 3.32. The summed E-state index contributed by atoms with van der Waals surface area (Å²) in [5.74, 6) is 1.47. The van der Waals surface area contributed by atoms with Gasteiger partial charge in [0.2, 0.25) is 0 Å². The number of nitrogens with one attached hydrogen (secondary N) is 1. The molecule has 0 saturated carbocycles. The minimum absolute atomic E-state index is 0.195. The summed E-state index contributed by atoms with van der Waals surface area (Å²) in [6, 6.07) is 6.55. The molecule has 2 aromatic rings. The fraction of sp³-hybridized carbons (Fsp3) is 0.500. The normalized spacial score (nSPS) is 17.6. The van der Waals surface area contributed by atoms with Crippen LogP contribution >= 0.6 is 0 Å². The molecule has 0 spiro atoms. The lowest BCUT2D eigenvalue weighted by molar-refractivity contribution is -0.153. The van der Waals surface area contributed by atoms with E-state index in [-0.39, 0.29) is 5.75 Å². The predicted octanol–water partition coefficient (Wildman–Crippen LogP) is 3.32. The number of nitrogens with zero attached hydrogens (tertiary/aromatic N) is 4. The molecule has 158 valence electrons. The third-order valence-corrected chi connectivity index (χ3v) is 4.76. The van der Waals surface area contributed by atoms with E-state index in [2.05, 4.69) is 21.5 Å². The maximum Gasteiger partial charge on any atom is 0.422 e. The number of rotatable bonds is 6. The lowest BCUT2D eigenvalue weighted by atomic mass is 10.0. The molecule has 1 unspecified atom stereocenters. The van der Waals surface area contributed by atoms with Crippen LogP contribution in [0.15, 0.2) is 41.7 Å². The smallest absolute Gasteiger partial charge is 0.422 e. The Morgan fingerprint density at radius 1 is 1.31 bits per heavy atom. The van der Waals surface area contributed by atoms with Gasteiger partial charge in [-0.3, -0.25) is 4.68 Å². The van der Waals surface area contributed by atoms with Crippen LogP contribution in [0.5, 0.6) is 5.75 Å². The molecular weight excluding hydrogens is 383 g/mol. The molecule has 1 aliphatic rings. The third-order valence-electron chi connectivity index (χ3n) is 4.76. The van der Waals surface area contributed by atoms with E-state index >= 15 is 0 Å². The monoisotopic (exact) mass is 409 g/mol. The summed E-state index contributed by atoms with van der Waals surface area (Å²) < 4.78 is 43.2. The van der Waals surface area contributed by atoms with Gasteiger partial charge in [-0.15, -0.1) is 0 Å². The Hall–Kier alpha value is -2.71. The molecule has 0 bridgehead atoms. The highest BCUT2D eigenvalue weighted by molar-refractivity contribution is 5.80. The summed E-state index contributed by atoms with van der Waals surface area (Å²) >= 11 is 0. The quantitative estimate of drug-likeness (QED) is 0.588. The zero-order valence-corrected chi connectivity index (χ0v) is 16.6. The van der Waals surface area contributed by atoms with Gasteiger partial charge in [0.15, 0.2) is 12.6 Å². The van der Waals surface area contributed by atoms with E-state index in [9.17, 15) is 13.2 Å². The molecule has 1 atom stereocenters. The second kappa shape index (κ2) is 9.19. The van der Waals surface area contributed by atoms with Gasteiger partial charge in [0, 0.05) is 38.8 Å². The molecule has 1 saturated heterocycles. The molecule has 6 nitrogen and oxygen atoms in total. The number of alkyl halides is 3. The first-order valence-electron chi connectivity index (χ1n) is 9.64. The zero-order chi connectivity index (χ0) is 20.9. The van der Waals surface area contributed by atoms with Crippen molar-refractivity contribution in [2.45, 2.75) is 32.0 Å². The number of halogens is 3. The molecule has 1 N–H and O–H groups in total. The van der Waals surface area contributed by atoms with Crippen LogP contribution in [-0.4, -0.2) is 53.1 Å². The van der Waals surface area contributed by atoms with E-state index in [0.717, 1.165) is 37.6 Å². The minimum atomic E-state index is -4.34. The molecule has 0 radical (unpaired) electrons. The largest absolute Gasteiger partial charge is 0.484 e. The lowest BCUT2D eigenvalue weighted by Gasteiger charge is -2.21. The van der Waals surface area contributed by atoms with Gasteiger partial charge >= 0.3 is 6.18 Å². The summed E-state index contributed by atoms with van der Waals surface area (Å²) in [5, 5.41) is 7.58. The molecule has 1 aromatic carbocycles. The van der Waals surface area contributed by atoms with Crippen molar-refractivity contribution in [2.75, 3.05) is 26.2 Å². The van der Waals surface area contributed by atoms with Gasteiger partial charge in [-0.1, -0.05) is 12.1 Å². The van der Waals surface area contributed by atoms with Crippen LogP contribution in [-0.2, 0) is 13.6 Å². The first-order valence-corrected chi connectivity index (χ1v) is 9.64. The summed E-state index contributed by atoms with van der Waals surface area (Å²) in [4.78, 5) is 6.94. The Morgan fingerprint density at radius 3 is 2.69 bits per heavy atom. The highest BCUT2D eigenvalue weighted by Gasteiger charge is 2.28. The van der Waals surface area contributed by atoms with Gasteiger partial charge < -0.3 is 15.0 Å². The van der Waals surface area contributed by atoms with E-state index in [1.54, 1.807) is 12.1 Å². The molecule has 1 fully saturated rings. The maximum absolute atomic E-state index is 12.2. The van der Waals surface area contributed by atoms with Crippen LogP contribution in [0.2, 0.25) is 0 Å². The number of hydrogen-bond acceptors (Lipinski definition) is 3. The van der Waals surface area contributed by atoms with Crippen LogP contribution in [0.1, 0.15) is 30.4 Å². The molecular formula is C20H26F3N5O. The first kappa shape index (κ1) is 21.0. The zero-order valence-electron chi connectivity index (χ0n) is 16.6. The second-order valence-corrected chi connectivity index (χ2v) is 7.10. The van der Waals surface area contributed by atoms with E-state index in [1.807, 2.05) is 24.9 Å². The Kier molecular flexibility index (Phi) is 6.66. The molecule has 1 aromatic heterocycles. The highest BCUT2D eigenvalue weighted by Crippen LogP contribution is 2.27. The summed E-state index contributed by atoms with van der Waals surface area (Å²) in [5.41, 5.74) is 2.14. The molecule has 1 aliphatic heterocycles. The van der Waals surface area contributed by atoms with Crippen molar-refractivity contribution < 1.29 is 17.9 Å². The number of aryl methyl sites for hydroxylation is 1. The van der Waals surface area contributed by atoms with Crippen LogP contribution in [0, 0.1) is 0 Å². The topological polar surface area (TPSA) is 54.7 Å². The molecule has 3 rings (SSSR count). The Bertz CT molecular complexity index is 816. The van der Waals surface area contributed by atoms with Crippen molar-refractivity contribution in [3.05, 3.63) is 47.8 Å². The van der Waals surface area contributed by atoms with E-state index in [4.69, 9.17) is 9.73 Å². The SMILES string of the molecule is CCNC(=NCc1ccc(OCC(F)(F)F)cc1)N1CCC(c2cnn(C)c2)C1. The molecule has 29 heavy (non-hydrogen) atoms. The van der Waals surface area contributed by atoms with Crippen LogP contribution in [0.3, 0.4) is 0 Å². The predicted molar refractivity (Wildman–Crippen MR) is 105 cm³/mol. The van der Waals surface area contributed by atoms with Gasteiger partial charge in [-0.05, 0) is 36.6 Å². The van der Waals surface area contributed by atoms with Gasteiger partial charge in [-0.2, -0.15) is 18.3 Å². The first-order chi connectivity index (χ1) is 13.8. The van der Waals surface area contributed by atoms with E-state index in [1.165, 1.54) is 17.7 Å². The average Bonchev–Trinajstić information content (AvgIpc) is 3.33. The lowest BCUT2D eigenvalue weighted by Crippen LogP contribution is -2.40. The number of ether oxygens (including phenoxy) is 1. The molecule has 0 aliphatic carbocycles. The second-order valence-electron chi connectivity index (χ2n) is 7.10. The minimum Gasteiger partial charge on any atom is -0.484 e. The van der Waals surface area contributed by atoms with Gasteiger partial charge in [0.25, 0.3) is 0 Å². The summed E-state index contributed by atoms with van der Waals surface area (Å²) in [7, 11) is 1.92. The Labute approximate surface area is 168 Å². The van der Waals surface area contributed by atoms with Crippen molar-refractivity contribution in [3.8, 4) is 5.75 Å². The maximum atomic E-state index is 12.2. The van der Waals surface area contributed by atoms with Gasteiger partial charge in [0.1, 0.15) is 5.75 Å². The number of aliphatic imine (C=N–C) groups is 1. The van der Waals surface area contributed by atoms with E-state index in [0.29, 0.717) is 12.5 Å². The Balaban J connectivity index is 1.59. The van der Waals surface area contributed by atoms with Gasteiger partial charge in [0.05, 0.1) is 12.7 Å². The van der Waals surface area contributed by atoms with Crippen molar-refractivity contribution >= 4 is 5.96 Å². The Morgan fingerprint density at radius 2 is 2.07 bits per heavy atom. The van der Waals surface area contributed by atoms with Crippen molar-refractivity contribution in [3.63, 3.8) is 0 Å². The summed E-state index contributed by atoms with van der Waals surface area (Å²) in [6.07, 6.45) is 0.676. The van der Waals surface area contributed by atoms with Crippen molar-refractivity contribution in [1.29, 1.82) is 0 Å². The van der Waals surface area contributed by atoms with Gasteiger partial charge in [-0.25, -0.2) is 4.99 Å². The third kappa shape index (κ3) is 6.13. The number of aromatic nitrogens is 2. The van der Waals surface area contributed by atoms with Crippen molar-refractivity contribution in [2.24, 2.45) is 12.0 Å². The number of likely N-dealkylation sites (tertiary alicyclic amines) is 1.